The maximum Gasteiger partial charge on any atom is 0.309 e. The Morgan fingerprint density at radius 3 is 2.21 bits per heavy atom. The number of nitrogens with zero attached hydrogens (tertiary/aromatic N) is 1. The Kier molecular flexibility index (Phi) is 2.08. The first kappa shape index (κ1) is 9.92. The van der Waals surface area contributed by atoms with Gasteiger partial charge in [0.1, 0.15) is 0 Å². The van der Waals surface area contributed by atoms with Crippen LogP contribution < -0.4 is 0 Å². The lowest BCUT2D eigenvalue weighted by Gasteiger charge is -2.15. The molecule has 0 aromatic heterocycles. The van der Waals surface area contributed by atoms with Crippen molar-refractivity contribution in [3.63, 3.8) is 0 Å². The molecule has 0 amide bonds. The smallest absolute Gasteiger partial charge is 0.309 e. The van der Waals surface area contributed by atoms with Crippen molar-refractivity contribution in [2.24, 2.45) is 17.8 Å². The minimum atomic E-state index is -3.08. The third kappa shape index (κ3) is 1.42. The van der Waals surface area contributed by atoms with Gasteiger partial charge in [0.25, 0.3) is 0 Å². The highest BCUT2D eigenvalue weighted by Gasteiger charge is 2.61. The number of hydrogen-bond donors (Lipinski definition) is 0. The van der Waals surface area contributed by atoms with Crippen LogP contribution >= 0.6 is 0 Å². The average Bonchev–Trinajstić information content (AvgIpc) is 2.56. The van der Waals surface area contributed by atoms with Gasteiger partial charge in [-0.1, -0.05) is 0 Å². The minimum absolute atomic E-state index is 0.0574. The van der Waals surface area contributed by atoms with Crippen molar-refractivity contribution in [2.75, 3.05) is 26.5 Å². The summed E-state index contributed by atoms with van der Waals surface area (Å²) in [6, 6.07) is 0. The SMILES string of the molecule is COC(=O)C1C2CN(S(C)(=O)=O)C[C@@H]21. The molecular formula is C8H13NO4S. The quantitative estimate of drug-likeness (QED) is 0.576. The molecule has 1 aliphatic heterocycles. The first-order valence-corrected chi connectivity index (χ1v) is 6.33. The molecule has 1 aliphatic carbocycles. The third-order valence-corrected chi connectivity index (χ3v) is 4.34. The highest BCUT2D eigenvalue weighted by atomic mass is 32.2. The van der Waals surface area contributed by atoms with E-state index in [0.717, 1.165) is 0 Å². The molecule has 2 rings (SSSR count). The maximum absolute atomic E-state index is 11.2. The Hall–Kier alpha value is -0.620. The lowest BCUT2D eigenvalue weighted by molar-refractivity contribution is -0.143. The summed E-state index contributed by atoms with van der Waals surface area (Å²) in [5.74, 6) is 0.125. The van der Waals surface area contributed by atoms with Crippen LogP contribution in [0.25, 0.3) is 0 Å². The molecule has 1 saturated heterocycles. The van der Waals surface area contributed by atoms with Crippen LogP contribution in [0.15, 0.2) is 0 Å². The molecule has 0 aromatic carbocycles. The predicted octanol–water partition coefficient (Wildman–Crippen LogP) is -0.703. The van der Waals surface area contributed by atoms with E-state index in [1.165, 1.54) is 17.7 Å². The molecule has 2 unspecified atom stereocenters. The van der Waals surface area contributed by atoms with Gasteiger partial charge in [-0.05, 0) is 11.8 Å². The number of piperidine rings is 1. The van der Waals surface area contributed by atoms with Crippen LogP contribution in [0.2, 0.25) is 0 Å². The molecule has 3 atom stereocenters. The van der Waals surface area contributed by atoms with Gasteiger partial charge in [-0.15, -0.1) is 0 Å². The third-order valence-electron chi connectivity index (χ3n) is 3.10. The molecule has 80 valence electrons. The van der Waals surface area contributed by atoms with E-state index in [-0.39, 0.29) is 23.7 Å². The van der Waals surface area contributed by atoms with E-state index in [4.69, 9.17) is 0 Å². The molecule has 5 nitrogen and oxygen atoms in total. The number of fused-ring (bicyclic) bond motifs is 1. The molecule has 1 heterocycles. The Balaban J connectivity index is 1.97. The second-order valence-electron chi connectivity index (χ2n) is 3.96. The van der Waals surface area contributed by atoms with Gasteiger partial charge in [0.05, 0.1) is 19.3 Å². The van der Waals surface area contributed by atoms with Crippen LogP contribution in [0.5, 0.6) is 0 Å². The van der Waals surface area contributed by atoms with Gasteiger partial charge in [0.15, 0.2) is 0 Å². The van der Waals surface area contributed by atoms with Gasteiger partial charge in [0.2, 0.25) is 10.0 Å². The predicted molar refractivity (Wildman–Crippen MR) is 48.9 cm³/mol. The van der Waals surface area contributed by atoms with Gasteiger partial charge >= 0.3 is 5.97 Å². The van der Waals surface area contributed by atoms with E-state index < -0.39 is 10.0 Å². The number of carbonyl (C=O) groups is 1. The highest BCUT2D eigenvalue weighted by Crippen LogP contribution is 2.52. The Morgan fingerprint density at radius 2 is 1.86 bits per heavy atom. The molecule has 2 fully saturated rings. The van der Waals surface area contributed by atoms with Gasteiger partial charge in [0, 0.05) is 13.1 Å². The summed E-state index contributed by atoms with van der Waals surface area (Å²) < 4.78 is 28.4. The van der Waals surface area contributed by atoms with E-state index in [1.54, 1.807) is 0 Å². The summed E-state index contributed by atoms with van der Waals surface area (Å²) in [4.78, 5) is 11.2. The summed E-state index contributed by atoms with van der Waals surface area (Å²) >= 11 is 0. The number of methoxy groups -OCH3 is 1. The first-order chi connectivity index (χ1) is 6.45. The van der Waals surface area contributed by atoms with Gasteiger partial charge in [-0.25, -0.2) is 12.7 Å². The molecule has 0 spiro atoms. The fourth-order valence-corrected chi connectivity index (χ4v) is 3.13. The molecule has 1 saturated carbocycles. The van der Waals surface area contributed by atoms with Crippen molar-refractivity contribution in [1.29, 1.82) is 0 Å². The average molecular weight is 219 g/mol. The van der Waals surface area contributed by atoms with E-state index >= 15 is 0 Å². The zero-order valence-corrected chi connectivity index (χ0v) is 8.95. The number of carbonyl (C=O) groups excluding carboxylic acids is 1. The van der Waals surface area contributed by atoms with Crippen LogP contribution in [0, 0.1) is 17.8 Å². The second kappa shape index (κ2) is 2.93. The van der Waals surface area contributed by atoms with Gasteiger partial charge in [-0.2, -0.15) is 0 Å². The fourth-order valence-electron chi connectivity index (χ4n) is 2.24. The zero-order chi connectivity index (χ0) is 10.5. The fraction of sp³-hybridized carbons (Fsp3) is 0.875. The Morgan fingerprint density at radius 1 is 1.36 bits per heavy atom. The molecule has 0 radical (unpaired) electrons. The summed E-state index contributed by atoms with van der Waals surface area (Å²) in [7, 11) is -1.71. The van der Waals surface area contributed by atoms with Crippen molar-refractivity contribution in [2.45, 2.75) is 0 Å². The largest absolute Gasteiger partial charge is 0.469 e. The molecule has 0 aromatic rings. The summed E-state index contributed by atoms with van der Waals surface area (Å²) in [5, 5.41) is 0. The second-order valence-corrected chi connectivity index (χ2v) is 5.94. The number of hydrogen-bond acceptors (Lipinski definition) is 4. The van der Waals surface area contributed by atoms with Crippen molar-refractivity contribution in [3.8, 4) is 0 Å². The molecule has 0 N–H and O–H groups in total. The minimum Gasteiger partial charge on any atom is -0.469 e. The van der Waals surface area contributed by atoms with E-state index in [2.05, 4.69) is 4.74 Å². The van der Waals surface area contributed by atoms with Gasteiger partial charge in [-0.3, -0.25) is 4.79 Å². The van der Waals surface area contributed by atoms with Crippen LogP contribution in [0.4, 0.5) is 0 Å². The Bertz CT molecular complexity index is 352. The highest BCUT2D eigenvalue weighted by molar-refractivity contribution is 7.88. The van der Waals surface area contributed by atoms with Crippen molar-refractivity contribution >= 4 is 16.0 Å². The summed E-state index contributed by atoms with van der Waals surface area (Å²) in [6.45, 7) is 0.951. The standard InChI is InChI=1S/C8H13NO4S/c1-13-8(10)7-5-3-9(4-6(5)7)14(2,11)12/h5-7H,3-4H2,1-2H3/t5-,6?,7?/m0/s1. The van der Waals surface area contributed by atoms with Crippen molar-refractivity contribution in [3.05, 3.63) is 0 Å². The van der Waals surface area contributed by atoms with E-state index in [0.29, 0.717) is 13.1 Å². The Labute approximate surface area is 83.1 Å². The molecule has 0 bridgehead atoms. The number of sulfonamides is 1. The van der Waals surface area contributed by atoms with Crippen LogP contribution in [-0.2, 0) is 19.6 Å². The molecule has 14 heavy (non-hydrogen) atoms. The van der Waals surface area contributed by atoms with Crippen molar-refractivity contribution in [1.82, 2.24) is 4.31 Å². The first-order valence-electron chi connectivity index (χ1n) is 4.48. The van der Waals surface area contributed by atoms with E-state index in [9.17, 15) is 13.2 Å². The normalized spacial score (nSPS) is 36.6. The maximum atomic E-state index is 11.2. The van der Waals surface area contributed by atoms with Crippen LogP contribution in [0.3, 0.4) is 0 Å². The lowest BCUT2D eigenvalue weighted by atomic mass is 10.3. The van der Waals surface area contributed by atoms with Crippen molar-refractivity contribution < 1.29 is 17.9 Å². The molecule has 6 heteroatoms. The zero-order valence-electron chi connectivity index (χ0n) is 8.13. The summed E-state index contributed by atoms with van der Waals surface area (Å²) in [6.07, 6.45) is 1.20. The number of rotatable bonds is 2. The van der Waals surface area contributed by atoms with E-state index in [1.807, 2.05) is 0 Å². The van der Waals surface area contributed by atoms with Crippen LogP contribution in [-0.4, -0.2) is 45.1 Å². The number of ether oxygens (including phenoxy) is 1. The number of esters is 1. The summed E-state index contributed by atoms with van der Waals surface area (Å²) in [5.41, 5.74) is 0. The molecular weight excluding hydrogens is 206 g/mol. The van der Waals surface area contributed by atoms with Gasteiger partial charge < -0.3 is 4.74 Å². The molecule has 2 aliphatic rings. The topological polar surface area (TPSA) is 63.7 Å². The monoisotopic (exact) mass is 219 g/mol. The lowest BCUT2D eigenvalue weighted by Crippen LogP contribution is -2.31. The van der Waals surface area contributed by atoms with Crippen LogP contribution in [0.1, 0.15) is 0 Å².